The lowest BCUT2D eigenvalue weighted by Crippen LogP contribution is -2.44. The van der Waals surface area contributed by atoms with Gasteiger partial charge in [0.05, 0.1) is 6.61 Å². The van der Waals surface area contributed by atoms with Crippen LogP contribution in [0.5, 0.6) is 0 Å². The van der Waals surface area contributed by atoms with Crippen molar-refractivity contribution in [1.29, 1.82) is 0 Å². The molecule has 0 aliphatic carbocycles. The SMILES string of the molecule is COCCCCOCCN1CCNCC1. The number of nitrogens with zero attached hydrogens (tertiary/aromatic N) is 1. The van der Waals surface area contributed by atoms with Crippen molar-refractivity contribution >= 4 is 0 Å². The summed E-state index contributed by atoms with van der Waals surface area (Å²) in [6.45, 7) is 8.22. The van der Waals surface area contributed by atoms with Gasteiger partial charge in [0.25, 0.3) is 0 Å². The third kappa shape index (κ3) is 6.84. The number of ether oxygens (including phenoxy) is 2. The molecule has 0 spiro atoms. The van der Waals surface area contributed by atoms with Crippen molar-refractivity contribution in [3.05, 3.63) is 0 Å². The molecule has 4 nitrogen and oxygen atoms in total. The van der Waals surface area contributed by atoms with Gasteiger partial charge in [0.15, 0.2) is 0 Å². The second kappa shape index (κ2) is 9.09. The maximum atomic E-state index is 5.57. The fraction of sp³-hybridized carbons (Fsp3) is 1.00. The standard InChI is InChI=1S/C11H24N2O2/c1-14-9-2-3-10-15-11-8-13-6-4-12-5-7-13/h12H,2-11H2,1H3. The molecular formula is C11H24N2O2. The Kier molecular flexibility index (Phi) is 7.83. The van der Waals surface area contributed by atoms with Crippen LogP contribution in [0.15, 0.2) is 0 Å². The number of methoxy groups -OCH3 is 1. The lowest BCUT2D eigenvalue weighted by atomic mass is 10.3. The molecule has 90 valence electrons. The molecule has 0 unspecified atom stereocenters. The molecule has 1 aliphatic heterocycles. The summed E-state index contributed by atoms with van der Waals surface area (Å²) in [7, 11) is 1.74. The van der Waals surface area contributed by atoms with Crippen molar-refractivity contribution in [3.8, 4) is 0 Å². The van der Waals surface area contributed by atoms with E-state index in [2.05, 4.69) is 10.2 Å². The zero-order chi connectivity index (χ0) is 10.8. The number of unbranched alkanes of at least 4 members (excludes halogenated alkanes) is 1. The number of nitrogens with one attached hydrogen (secondary N) is 1. The Morgan fingerprint density at radius 2 is 1.80 bits per heavy atom. The van der Waals surface area contributed by atoms with Crippen molar-refractivity contribution in [1.82, 2.24) is 10.2 Å². The van der Waals surface area contributed by atoms with Crippen LogP contribution < -0.4 is 5.32 Å². The van der Waals surface area contributed by atoms with Gasteiger partial charge in [-0.2, -0.15) is 0 Å². The monoisotopic (exact) mass is 216 g/mol. The van der Waals surface area contributed by atoms with E-state index in [-0.39, 0.29) is 0 Å². The Balaban J connectivity index is 1.79. The topological polar surface area (TPSA) is 33.7 Å². The van der Waals surface area contributed by atoms with Crippen molar-refractivity contribution in [3.63, 3.8) is 0 Å². The Morgan fingerprint density at radius 1 is 1.07 bits per heavy atom. The van der Waals surface area contributed by atoms with Crippen molar-refractivity contribution in [2.45, 2.75) is 12.8 Å². The van der Waals surface area contributed by atoms with Crippen LogP contribution >= 0.6 is 0 Å². The van der Waals surface area contributed by atoms with E-state index in [9.17, 15) is 0 Å². The van der Waals surface area contributed by atoms with Gasteiger partial charge in [-0.15, -0.1) is 0 Å². The first kappa shape index (κ1) is 12.9. The molecule has 0 amide bonds. The van der Waals surface area contributed by atoms with Crippen LogP contribution in [0, 0.1) is 0 Å². The highest BCUT2D eigenvalue weighted by atomic mass is 16.5. The summed E-state index contributed by atoms with van der Waals surface area (Å²) in [6, 6.07) is 0. The Morgan fingerprint density at radius 3 is 2.53 bits per heavy atom. The number of hydrogen-bond acceptors (Lipinski definition) is 4. The molecule has 0 aromatic rings. The molecule has 0 saturated carbocycles. The van der Waals surface area contributed by atoms with Gasteiger partial charge < -0.3 is 14.8 Å². The van der Waals surface area contributed by atoms with E-state index in [1.54, 1.807) is 7.11 Å². The molecule has 15 heavy (non-hydrogen) atoms. The second-order valence-electron chi connectivity index (χ2n) is 3.90. The van der Waals surface area contributed by atoms with Gasteiger partial charge in [-0.25, -0.2) is 0 Å². The van der Waals surface area contributed by atoms with Gasteiger partial charge >= 0.3 is 0 Å². The molecular weight excluding hydrogens is 192 g/mol. The smallest absolute Gasteiger partial charge is 0.0593 e. The summed E-state index contributed by atoms with van der Waals surface area (Å²) in [4.78, 5) is 2.45. The predicted octanol–water partition coefficient (Wildman–Crippen LogP) is 0.335. The summed E-state index contributed by atoms with van der Waals surface area (Å²) >= 11 is 0. The minimum absolute atomic E-state index is 0.848. The molecule has 4 heteroatoms. The zero-order valence-electron chi connectivity index (χ0n) is 9.83. The molecule has 1 N–H and O–H groups in total. The summed E-state index contributed by atoms with van der Waals surface area (Å²) in [5.41, 5.74) is 0. The summed E-state index contributed by atoms with van der Waals surface area (Å²) in [5, 5.41) is 3.34. The van der Waals surface area contributed by atoms with E-state index in [0.29, 0.717) is 0 Å². The average molecular weight is 216 g/mol. The number of hydrogen-bond donors (Lipinski definition) is 1. The maximum absolute atomic E-state index is 5.57. The van der Waals surface area contributed by atoms with Gasteiger partial charge in [0.2, 0.25) is 0 Å². The fourth-order valence-electron chi connectivity index (χ4n) is 1.68. The first-order valence-electron chi connectivity index (χ1n) is 5.93. The van der Waals surface area contributed by atoms with E-state index in [0.717, 1.165) is 65.4 Å². The average Bonchev–Trinajstić information content (AvgIpc) is 2.29. The van der Waals surface area contributed by atoms with Crippen LogP contribution in [0.1, 0.15) is 12.8 Å². The van der Waals surface area contributed by atoms with Gasteiger partial charge in [0, 0.05) is 53.0 Å². The minimum Gasteiger partial charge on any atom is -0.385 e. The molecule has 1 aliphatic rings. The van der Waals surface area contributed by atoms with Crippen LogP contribution in [-0.2, 0) is 9.47 Å². The zero-order valence-corrected chi connectivity index (χ0v) is 9.83. The maximum Gasteiger partial charge on any atom is 0.0593 e. The third-order valence-corrected chi connectivity index (χ3v) is 2.65. The molecule has 1 fully saturated rings. The van der Waals surface area contributed by atoms with E-state index >= 15 is 0 Å². The number of rotatable bonds is 8. The molecule has 0 aromatic heterocycles. The van der Waals surface area contributed by atoms with Gasteiger partial charge in [-0.05, 0) is 12.8 Å². The lowest BCUT2D eigenvalue weighted by Gasteiger charge is -2.26. The van der Waals surface area contributed by atoms with Gasteiger partial charge in [-0.1, -0.05) is 0 Å². The van der Waals surface area contributed by atoms with Crippen LogP contribution in [0.2, 0.25) is 0 Å². The molecule has 0 bridgehead atoms. The summed E-state index contributed by atoms with van der Waals surface area (Å²) in [6.07, 6.45) is 2.21. The predicted molar refractivity (Wildman–Crippen MR) is 61.2 cm³/mol. The van der Waals surface area contributed by atoms with Crippen molar-refractivity contribution in [2.24, 2.45) is 0 Å². The Bertz CT molecular complexity index is 139. The normalized spacial score (nSPS) is 18.2. The minimum atomic E-state index is 0.848. The molecule has 1 saturated heterocycles. The fourth-order valence-corrected chi connectivity index (χ4v) is 1.68. The highest BCUT2D eigenvalue weighted by Crippen LogP contribution is 1.94. The lowest BCUT2D eigenvalue weighted by molar-refractivity contribution is 0.0911. The largest absolute Gasteiger partial charge is 0.385 e. The Labute approximate surface area is 92.9 Å². The summed E-state index contributed by atoms with van der Waals surface area (Å²) in [5.74, 6) is 0. The number of piperazine rings is 1. The second-order valence-corrected chi connectivity index (χ2v) is 3.90. The van der Waals surface area contributed by atoms with E-state index in [1.807, 2.05) is 0 Å². The van der Waals surface area contributed by atoms with Crippen LogP contribution in [0.3, 0.4) is 0 Å². The van der Waals surface area contributed by atoms with Crippen LogP contribution in [0.25, 0.3) is 0 Å². The van der Waals surface area contributed by atoms with E-state index in [4.69, 9.17) is 9.47 Å². The van der Waals surface area contributed by atoms with E-state index < -0.39 is 0 Å². The quantitative estimate of drug-likeness (QED) is 0.593. The third-order valence-electron chi connectivity index (χ3n) is 2.65. The molecule has 0 atom stereocenters. The van der Waals surface area contributed by atoms with Gasteiger partial charge in [0.1, 0.15) is 0 Å². The molecule has 1 heterocycles. The highest BCUT2D eigenvalue weighted by molar-refractivity contribution is 4.66. The first-order chi connectivity index (χ1) is 7.43. The molecule has 0 radical (unpaired) electrons. The first-order valence-corrected chi connectivity index (χ1v) is 5.93. The van der Waals surface area contributed by atoms with Crippen LogP contribution in [0.4, 0.5) is 0 Å². The Hall–Kier alpha value is -0.160. The molecule has 0 aromatic carbocycles. The van der Waals surface area contributed by atoms with Crippen molar-refractivity contribution in [2.75, 3.05) is 59.7 Å². The van der Waals surface area contributed by atoms with E-state index in [1.165, 1.54) is 0 Å². The van der Waals surface area contributed by atoms with Crippen molar-refractivity contribution < 1.29 is 9.47 Å². The van der Waals surface area contributed by atoms with Crippen LogP contribution in [-0.4, -0.2) is 64.6 Å². The highest BCUT2D eigenvalue weighted by Gasteiger charge is 2.07. The molecule has 1 rings (SSSR count). The van der Waals surface area contributed by atoms with Gasteiger partial charge in [-0.3, -0.25) is 4.90 Å². The summed E-state index contributed by atoms with van der Waals surface area (Å²) < 4.78 is 10.5.